The van der Waals surface area contributed by atoms with Crippen molar-refractivity contribution in [3.63, 3.8) is 0 Å². The van der Waals surface area contributed by atoms with Crippen LogP contribution in [0.3, 0.4) is 0 Å². The van der Waals surface area contributed by atoms with Gasteiger partial charge in [-0.2, -0.15) is 0 Å². The predicted octanol–water partition coefficient (Wildman–Crippen LogP) is 1.67. The van der Waals surface area contributed by atoms with Crippen LogP contribution in [0.1, 0.15) is 18.4 Å². The van der Waals surface area contributed by atoms with Gasteiger partial charge in [-0.25, -0.2) is 0 Å². The zero-order chi connectivity index (χ0) is 14.4. The molecular formula is C16H16N2O3. The van der Waals surface area contributed by atoms with Gasteiger partial charge >= 0.3 is 0 Å². The number of furan rings is 1. The van der Waals surface area contributed by atoms with Crippen molar-refractivity contribution in [2.75, 3.05) is 13.1 Å². The number of hydrogen-bond donors (Lipinski definition) is 1. The molecule has 2 aliphatic rings. The number of likely N-dealkylation sites (tertiary alicyclic amines) is 1. The predicted molar refractivity (Wildman–Crippen MR) is 76.3 cm³/mol. The molecule has 0 bridgehead atoms. The van der Waals surface area contributed by atoms with Crippen LogP contribution in [0.2, 0.25) is 0 Å². The molecule has 2 aliphatic heterocycles. The first-order valence-electron chi connectivity index (χ1n) is 7.17. The van der Waals surface area contributed by atoms with Crippen LogP contribution in [0.15, 0.2) is 34.9 Å². The Balaban J connectivity index is 1.51. The lowest BCUT2D eigenvalue weighted by Gasteiger charge is -2.20. The number of carbonyl (C=O) groups excluding carboxylic acids is 2. The molecule has 2 fully saturated rings. The molecule has 5 heteroatoms. The summed E-state index contributed by atoms with van der Waals surface area (Å²) in [5.41, 5.74) is 1.60. The molecule has 0 saturated carbocycles. The molecule has 1 atom stereocenters. The van der Waals surface area contributed by atoms with Crippen LogP contribution in [0.5, 0.6) is 0 Å². The molecule has 5 nitrogen and oxygen atoms in total. The number of rotatable bonds is 2. The Kier molecular flexibility index (Phi) is 2.65. The number of hydrogen-bond acceptors (Lipinski definition) is 4. The number of fused-ring (bicyclic) bond motifs is 1. The standard InChI is InChI=1S/C16H16N2O3/c19-14-8-16(15(20)17-14)4-5-18(10-16)9-11-1-2-13-12(7-11)3-6-21-13/h1-3,6-7H,4-5,8-10H2,(H,17,19,20)/t16-/m0/s1. The van der Waals surface area contributed by atoms with Crippen LogP contribution in [0.25, 0.3) is 11.0 Å². The molecule has 1 N–H and O–H groups in total. The molecule has 2 saturated heterocycles. The molecule has 1 spiro atoms. The average Bonchev–Trinajstić information content (AvgIpc) is 3.11. The zero-order valence-corrected chi connectivity index (χ0v) is 11.6. The number of nitrogens with zero attached hydrogens (tertiary/aromatic N) is 1. The smallest absolute Gasteiger partial charge is 0.234 e. The molecule has 108 valence electrons. The summed E-state index contributed by atoms with van der Waals surface area (Å²) in [5, 5.41) is 3.53. The van der Waals surface area contributed by atoms with Crippen molar-refractivity contribution >= 4 is 22.8 Å². The van der Waals surface area contributed by atoms with Crippen LogP contribution in [-0.2, 0) is 16.1 Å². The number of carbonyl (C=O) groups is 2. The van der Waals surface area contributed by atoms with E-state index < -0.39 is 5.41 Å². The highest BCUT2D eigenvalue weighted by Crippen LogP contribution is 2.38. The summed E-state index contributed by atoms with van der Waals surface area (Å²) in [6.07, 6.45) is 2.79. The van der Waals surface area contributed by atoms with Gasteiger partial charge in [-0.1, -0.05) is 6.07 Å². The summed E-state index contributed by atoms with van der Waals surface area (Å²) >= 11 is 0. The van der Waals surface area contributed by atoms with E-state index in [4.69, 9.17) is 4.42 Å². The van der Waals surface area contributed by atoms with Gasteiger partial charge in [0.1, 0.15) is 5.58 Å². The van der Waals surface area contributed by atoms with Crippen LogP contribution < -0.4 is 5.32 Å². The Morgan fingerprint density at radius 2 is 2.19 bits per heavy atom. The van der Waals surface area contributed by atoms with E-state index in [1.807, 2.05) is 12.1 Å². The first-order valence-corrected chi connectivity index (χ1v) is 7.17. The molecular weight excluding hydrogens is 268 g/mol. The van der Waals surface area contributed by atoms with Gasteiger partial charge in [-0.15, -0.1) is 0 Å². The fraction of sp³-hybridized carbons (Fsp3) is 0.375. The van der Waals surface area contributed by atoms with Crippen molar-refractivity contribution in [1.29, 1.82) is 0 Å². The lowest BCUT2D eigenvalue weighted by Crippen LogP contribution is -2.34. The maximum Gasteiger partial charge on any atom is 0.234 e. The molecule has 0 aliphatic carbocycles. The lowest BCUT2D eigenvalue weighted by molar-refractivity contribution is -0.128. The van der Waals surface area contributed by atoms with E-state index in [9.17, 15) is 9.59 Å². The topological polar surface area (TPSA) is 62.6 Å². The zero-order valence-electron chi connectivity index (χ0n) is 11.6. The molecule has 2 amide bonds. The fourth-order valence-electron chi connectivity index (χ4n) is 3.49. The summed E-state index contributed by atoms with van der Waals surface area (Å²) in [4.78, 5) is 25.7. The number of imide groups is 1. The summed E-state index contributed by atoms with van der Waals surface area (Å²) < 4.78 is 5.34. The van der Waals surface area contributed by atoms with Crippen molar-refractivity contribution in [2.45, 2.75) is 19.4 Å². The normalized spacial score (nSPS) is 26.1. The van der Waals surface area contributed by atoms with E-state index >= 15 is 0 Å². The van der Waals surface area contributed by atoms with Crippen molar-refractivity contribution in [1.82, 2.24) is 10.2 Å². The quantitative estimate of drug-likeness (QED) is 0.852. The van der Waals surface area contributed by atoms with Gasteiger partial charge in [-0.05, 0) is 36.7 Å². The van der Waals surface area contributed by atoms with Gasteiger partial charge in [0.2, 0.25) is 11.8 Å². The molecule has 21 heavy (non-hydrogen) atoms. The van der Waals surface area contributed by atoms with Crippen molar-refractivity contribution in [2.24, 2.45) is 5.41 Å². The first-order chi connectivity index (χ1) is 10.1. The summed E-state index contributed by atoms with van der Waals surface area (Å²) in [5.74, 6) is -0.234. The van der Waals surface area contributed by atoms with Crippen molar-refractivity contribution in [3.05, 3.63) is 36.1 Å². The third-order valence-electron chi connectivity index (χ3n) is 4.59. The van der Waals surface area contributed by atoms with Gasteiger partial charge in [0.15, 0.2) is 0 Å². The highest BCUT2D eigenvalue weighted by atomic mass is 16.3. The van der Waals surface area contributed by atoms with E-state index in [0.29, 0.717) is 13.0 Å². The Bertz CT molecular complexity index is 736. The minimum absolute atomic E-state index is 0.0970. The van der Waals surface area contributed by atoms with Gasteiger partial charge in [-0.3, -0.25) is 19.8 Å². The summed E-state index contributed by atoms with van der Waals surface area (Å²) in [7, 11) is 0. The van der Waals surface area contributed by atoms with E-state index in [1.54, 1.807) is 6.26 Å². The second-order valence-electron chi connectivity index (χ2n) is 6.09. The minimum Gasteiger partial charge on any atom is -0.464 e. The van der Waals surface area contributed by atoms with Gasteiger partial charge in [0.25, 0.3) is 0 Å². The first kappa shape index (κ1) is 12.6. The molecule has 0 radical (unpaired) electrons. The highest BCUT2D eigenvalue weighted by molar-refractivity contribution is 6.06. The second kappa shape index (κ2) is 4.43. The summed E-state index contributed by atoms with van der Waals surface area (Å²) in [6, 6.07) is 8.09. The molecule has 4 rings (SSSR count). The van der Waals surface area contributed by atoms with Gasteiger partial charge in [0.05, 0.1) is 11.7 Å². The maximum absolute atomic E-state index is 12.0. The molecule has 1 aromatic carbocycles. The number of nitrogens with one attached hydrogen (secondary N) is 1. The largest absolute Gasteiger partial charge is 0.464 e. The van der Waals surface area contributed by atoms with E-state index in [-0.39, 0.29) is 11.8 Å². The second-order valence-corrected chi connectivity index (χ2v) is 6.09. The minimum atomic E-state index is -0.489. The molecule has 1 aromatic heterocycles. The van der Waals surface area contributed by atoms with Crippen molar-refractivity contribution < 1.29 is 14.0 Å². The number of benzene rings is 1. The molecule has 0 unspecified atom stereocenters. The van der Waals surface area contributed by atoms with Crippen LogP contribution in [0, 0.1) is 5.41 Å². The van der Waals surface area contributed by atoms with Crippen LogP contribution in [0.4, 0.5) is 0 Å². The Hall–Kier alpha value is -2.14. The van der Waals surface area contributed by atoms with E-state index in [0.717, 1.165) is 30.5 Å². The highest BCUT2D eigenvalue weighted by Gasteiger charge is 2.50. The fourth-order valence-corrected chi connectivity index (χ4v) is 3.49. The van der Waals surface area contributed by atoms with Crippen LogP contribution >= 0.6 is 0 Å². The summed E-state index contributed by atoms with van der Waals surface area (Å²) in [6.45, 7) is 2.31. The molecule has 3 heterocycles. The van der Waals surface area contributed by atoms with E-state index in [1.165, 1.54) is 5.56 Å². The average molecular weight is 284 g/mol. The Labute approximate surface area is 121 Å². The Morgan fingerprint density at radius 3 is 3.00 bits per heavy atom. The van der Waals surface area contributed by atoms with Crippen LogP contribution in [-0.4, -0.2) is 29.8 Å². The number of amides is 2. The van der Waals surface area contributed by atoms with Crippen molar-refractivity contribution in [3.8, 4) is 0 Å². The lowest BCUT2D eigenvalue weighted by atomic mass is 9.85. The monoisotopic (exact) mass is 284 g/mol. The Morgan fingerprint density at radius 1 is 1.29 bits per heavy atom. The maximum atomic E-state index is 12.0. The van der Waals surface area contributed by atoms with Gasteiger partial charge < -0.3 is 4.42 Å². The molecule has 2 aromatic rings. The third-order valence-corrected chi connectivity index (χ3v) is 4.59. The third kappa shape index (κ3) is 2.05. The van der Waals surface area contributed by atoms with E-state index in [2.05, 4.69) is 22.3 Å². The van der Waals surface area contributed by atoms with Gasteiger partial charge in [0, 0.05) is 24.9 Å². The SMILES string of the molecule is O=C1C[C@]2(CCN(Cc3ccc4occc4c3)C2)C(=O)N1.